The Bertz CT molecular complexity index is 1260. The van der Waals surface area contributed by atoms with Crippen molar-refractivity contribution in [3.8, 4) is 0 Å². The van der Waals surface area contributed by atoms with Crippen LogP contribution in [-0.2, 0) is 33.6 Å². The van der Waals surface area contributed by atoms with Crippen LogP contribution in [0.25, 0.3) is 0 Å². The highest BCUT2D eigenvalue weighted by Gasteiger charge is 2.36. The summed E-state index contributed by atoms with van der Waals surface area (Å²) in [6, 6.07) is -6.23. The van der Waals surface area contributed by atoms with Crippen LogP contribution in [0.2, 0.25) is 0 Å². The molecule has 1 heterocycles. The molecule has 0 aromatic carbocycles. The van der Waals surface area contributed by atoms with Gasteiger partial charge < -0.3 is 59.5 Å². The number of carbonyl (C=O) groups excluding carboxylic acids is 6. The Morgan fingerprint density at radius 1 is 0.827 bits per heavy atom. The van der Waals surface area contributed by atoms with Crippen molar-refractivity contribution in [2.45, 2.75) is 122 Å². The lowest BCUT2D eigenvalue weighted by Crippen LogP contribution is -2.60. The molecule has 52 heavy (non-hydrogen) atoms. The SMILES string of the molecule is CC[C@H](C)[C@H](NC(=O)[C@H](C)NC(=O)[C@@H](N)CCCCN)C(=O)N[C@@H](CCCN=C(N)N)C(=O)N[C@H](C(=O)NCC(=O)N1CCC[C@H]1C(=O)O)C(C)C. The first-order valence-corrected chi connectivity index (χ1v) is 18.0. The van der Waals surface area contributed by atoms with Crippen LogP contribution < -0.4 is 49.5 Å². The molecule has 7 atom stereocenters. The van der Waals surface area contributed by atoms with Gasteiger partial charge >= 0.3 is 5.97 Å². The zero-order valence-corrected chi connectivity index (χ0v) is 31.1. The van der Waals surface area contributed by atoms with Crippen LogP contribution >= 0.6 is 0 Å². The first kappa shape index (κ1) is 45.5. The van der Waals surface area contributed by atoms with Crippen LogP contribution in [0.4, 0.5) is 0 Å². The second kappa shape index (κ2) is 23.1. The third-order valence-electron chi connectivity index (χ3n) is 8.95. The molecule has 1 rings (SSSR count). The van der Waals surface area contributed by atoms with E-state index in [4.69, 9.17) is 22.9 Å². The molecule has 19 nitrogen and oxygen atoms in total. The van der Waals surface area contributed by atoms with Gasteiger partial charge in [0, 0.05) is 13.1 Å². The van der Waals surface area contributed by atoms with Gasteiger partial charge in [0.25, 0.3) is 0 Å². The molecule has 6 amide bonds. The summed E-state index contributed by atoms with van der Waals surface area (Å²) >= 11 is 0. The average Bonchev–Trinajstić information content (AvgIpc) is 3.59. The van der Waals surface area contributed by atoms with E-state index in [0.717, 1.165) is 0 Å². The van der Waals surface area contributed by atoms with E-state index in [2.05, 4.69) is 31.6 Å². The van der Waals surface area contributed by atoms with Gasteiger partial charge in [0.05, 0.1) is 12.6 Å². The molecule has 1 saturated heterocycles. The molecule has 0 aliphatic carbocycles. The second-order valence-corrected chi connectivity index (χ2v) is 13.5. The molecule has 1 fully saturated rings. The molecule has 14 N–H and O–H groups in total. The van der Waals surface area contributed by atoms with Crippen molar-refractivity contribution in [2.75, 3.05) is 26.2 Å². The lowest BCUT2D eigenvalue weighted by molar-refractivity contribution is -0.148. The molecular formula is C33H61N11O8. The lowest BCUT2D eigenvalue weighted by Gasteiger charge is -2.29. The standard InChI is InChI=1S/C33H61N11O8/c1-6-19(4)26(43-27(46)20(5)40-28(47)21(35)11-7-8-14-34)31(50)41-22(12-9-15-38-33(36)37)29(48)42-25(18(2)3)30(49)39-17-24(45)44-16-10-13-23(44)32(51)52/h18-23,25-26H,6-17,34-35H2,1-5H3,(H,39,49)(H,40,47)(H,41,50)(H,42,48)(H,43,46)(H,51,52)(H4,36,37,38)/t19-,20-,21-,22-,23-,25-,26-/m0/s1. The Morgan fingerprint density at radius 3 is 2.06 bits per heavy atom. The lowest BCUT2D eigenvalue weighted by atomic mass is 9.97. The van der Waals surface area contributed by atoms with Crippen molar-refractivity contribution in [3.63, 3.8) is 0 Å². The normalized spacial score (nSPS) is 17.5. The minimum absolute atomic E-state index is 0.0560. The molecular weight excluding hydrogens is 678 g/mol. The minimum Gasteiger partial charge on any atom is -0.480 e. The van der Waals surface area contributed by atoms with E-state index in [0.29, 0.717) is 45.1 Å². The molecule has 0 unspecified atom stereocenters. The number of carbonyl (C=O) groups is 7. The third-order valence-corrected chi connectivity index (χ3v) is 8.95. The summed E-state index contributed by atoms with van der Waals surface area (Å²) in [4.78, 5) is 95.6. The maximum Gasteiger partial charge on any atom is 0.326 e. The molecule has 0 spiro atoms. The Labute approximate surface area is 305 Å². The number of hydrogen-bond acceptors (Lipinski definition) is 10. The van der Waals surface area contributed by atoms with E-state index in [-0.39, 0.29) is 31.9 Å². The molecule has 0 radical (unpaired) electrons. The Kier molecular flexibility index (Phi) is 20.2. The summed E-state index contributed by atoms with van der Waals surface area (Å²) in [7, 11) is 0. The fourth-order valence-corrected chi connectivity index (χ4v) is 5.52. The quantitative estimate of drug-likeness (QED) is 0.0292. The van der Waals surface area contributed by atoms with Gasteiger partial charge in [-0.15, -0.1) is 0 Å². The zero-order chi connectivity index (χ0) is 39.5. The van der Waals surface area contributed by atoms with Crippen LogP contribution in [0, 0.1) is 11.8 Å². The van der Waals surface area contributed by atoms with E-state index < -0.39 is 96.0 Å². The molecule has 0 saturated carbocycles. The van der Waals surface area contributed by atoms with Crippen LogP contribution in [0.1, 0.15) is 86.0 Å². The number of aliphatic imine (C=N–C) groups is 1. The molecule has 0 aromatic heterocycles. The highest BCUT2D eigenvalue weighted by molar-refractivity contribution is 5.96. The van der Waals surface area contributed by atoms with E-state index in [1.165, 1.54) is 11.8 Å². The van der Waals surface area contributed by atoms with Crippen molar-refractivity contribution < 1.29 is 38.7 Å². The highest BCUT2D eigenvalue weighted by atomic mass is 16.4. The summed E-state index contributed by atoms with van der Waals surface area (Å²) < 4.78 is 0. The number of nitrogens with one attached hydrogen (secondary N) is 5. The fraction of sp³-hybridized carbons (Fsp3) is 0.758. The van der Waals surface area contributed by atoms with Crippen molar-refractivity contribution in [1.29, 1.82) is 0 Å². The number of aliphatic carboxylic acids is 1. The van der Waals surface area contributed by atoms with Gasteiger partial charge in [-0.1, -0.05) is 40.5 Å². The van der Waals surface area contributed by atoms with Gasteiger partial charge in [0.15, 0.2) is 5.96 Å². The number of nitrogens with two attached hydrogens (primary N) is 4. The summed E-state index contributed by atoms with van der Waals surface area (Å²) in [5.41, 5.74) is 22.3. The number of guanidine groups is 1. The summed E-state index contributed by atoms with van der Waals surface area (Å²) in [6.07, 6.45) is 3.39. The minimum atomic E-state index is -1.19. The maximum absolute atomic E-state index is 13.7. The molecule has 0 bridgehead atoms. The Morgan fingerprint density at radius 2 is 1.48 bits per heavy atom. The van der Waals surface area contributed by atoms with Gasteiger partial charge in [-0.05, 0) is 63.8 Å². The predicted molar refractivity (Wildman–Crippen MR) is 194 cm³/mol. The average molecular weight is 740 g/mol. The third kappa shape index (κ3) is 15.4. The monoisotopic (exact) mass is 739 g/mol. The first-order chi connectivity index (χ1) is 24.4. The first-order valence-electron chi connectivity index (χ1n) is 18.0. The number of nitrogens with zero attached hydrogens (tertiary/aromatic N) is 2. The number of unbranched alkanes of at least 4 members (excludes halogenated alkanes) is 1. The van der Waals surface area contributed by atoms with Crippen molar-refractivity contribution in [3.05, 3.63) is 0 Å². The van der Waals surface area contributed by atoms with Crippen molar-refractivity contribution in [2.24, 2.45) is 39.8 Å². The maximum atomic E-state index is 13.7. The number of hydrogen-bond donors (Lipinski definition) is 10. The Hall–Kier alpha value is -4.52. The predicted octanol–water partition coefficient (Wildman–Crippen LogP) is -2.65. The van der Waals surface area contributed by atoms with E-state index in [9.17, 15) is 38.7 Å². The molecule has 19 heteroatoms. The van der Waals surface area contributed by atoms with Crippen molar-refractivity contribution in [1.82, 2.24) is 31.5 Å². The molecule has 1 aliphatic rings. The number of carboxylic acids is 1. The van der Waals surface area contributed by atoms with Gasteiger partial charge in [0.1, 0.15) is 30.2 Å². The van der Waals surface area contributed by atoms with E-state index in [1.54, 1.807) is 20.8 Å². The van der Waals surface area contributed by atoms with Gasteiger partial charge in [-0.2, -0.15) is 0 Å². The summed E-state index contributed by atoms with van der Waals surface area (Å²) in [5.74, 6) is -5.88. The second-order valence-electron chi connectivity index (χ2n) is 13.5. The van der Waals surface area contributed by atoms with Crippen LogP contribution in [0.5, 0.6) is 0 Å². The van der Waals surface area contributed by atoms with Gasteiger partial charge in [0.2, 0.25) is 35.4 Å². The molecule has 1 aliphatic heterocycles. The van der Waals surface area contributed by atoms with E-state index >= 15 is 0 Å². The number of amides is 6. The summed E-state index contributed by atoms with van der Waals surface area (Å²) in [6.45, 7) is 8.80. The highest BCUT2D eigenvalue weighted by Crippen LogP contribution is 2.17. The number of likely N-dealkylation sites (tertiary alicyclic amines) is 1. The molecule has 0 aromatic rings. The number of rotatable bonds is 23. The van der Waals surface area contributed by atoms with Crippen LogP contribution in [-0.4, -0.2) is 120 Å². The van der Waals surface area contributed by atoms with E-state index in [1.807, 2.05) is 6.92 Å². The molecule has 296 valence electrons. The zero-order valence-electron chi connectivity index (χ0n) is 31.1. The Balaban J connectivity index is 3.08. The summed E-state index contributed by atoms with van der Waals surface area (Å²) in [5, 5.41) is 22.5. The van der Waals surface area contributed by atoms with Gasteiger partial charge in [-0.25, -0.2) is 4.79 Å². The fourth-order valence-electron chi connectivity index (χ4n) is 5.52. The van der Waals surface area contributed by atoms with Crippen LogP contribution in [0.3, 0.4) is 0 Å². The van der Waals surface area contributed by atoms with Gasteiger partial charge in [-0.3, -0.25) is 33.8 Å². The largest absolute Gasteiger partial charge is 0.480 e. The number of carboxylic acid groups (broad SMARTS) is 1. The van der Waals surface area contributed by atoms with Crippen molar-refractivity contribution >= 4 is 47.4 Å². The van der Waals surface area contributed by atoms with Crippen LogP contribution in [0.15, 0.2) is 4.99 Å². The topological polar surface area (TPSA) is 320 Å². The smallest absolute Gasteiger partial charge is 0.326 e.